The summed E-state index contributed by atoms with van der Waals surface area (Å²) in [6.07, 6.45) is 5.08. The number of ether oxygens (including phenoxy) is 1. The van der Waals surface area contributed by atoms with E-state index in [1.807, 2.05) is 19.9 Å². The van der Waals surface area contributed by atoms with Crippen molar-refractivity contribution in [3.05, 3.63) is 41.7 Å². The fourth-order valence-corrected chi connectivity index (χ4v) is 4.81. The Kier molecular flexibility index (Phi) is 5.59. The summed E-state index contributed by atoms with van der Waals surface area (Å²) >= 11 is 0. The lowest BCUT2D eigenvalue weighted by molar-refractivity contribution is -0.145. The van der Waals surface area contributed by atoms with Gasteiger partial charge in [0.2, 0.25) is 0 Å². The third-order valence-electron chi connectivity index (χ3n) is 6.82. The van der Waals surface area contributed by atoms with Crippen LogP contribution >= 0.6 is 0 Å². The smallest absolute Gasteiger partial charge is 0.314 e. The number of carboxylic acid groups (broad SMARTS) is 1. The number of carbonyl (C=O) groups is 1. The van der Waals surface area contributed by atoms with Crippen molar-refractivity contribution in [2.45, 2.75) is 57.8 Å². The molecule has 2 aliphatic rings. The lowest BCUT2D eigenvalue weighted by atomic mass is 9.70. The monoisotopic (exact) mass is 452 g/mol. The van der Waals surface area contributed by atoms with Gasteiger partial charge in [-0.1, -0.05) is 32.8 Å². The Morgan fingerprint density at radius 2 is 1.88 bits per heavy atom. The SMILES string of the molecule is CC(C)CC(CC1CC1)(C(=O)O)c1cc(OCC2CC2)c(-c2ccc3nonc3c2)cc1F. The van der Waals surface area contributed by atoms with Gasteiger partial charge < -0.3 is 9.84 Å². The van der Waals surface area contributed by atoms with E-state index < -0.39 is 17.2 Å². The molecule has 1 N–H and O–H groups in total. The lowest BCUT2D eigenvalue weighted by Gasteiger charge is -2.33. The van der Waals surface area contributed by atoms with E-state index in [2.05, 4.69) is 10.3 Å². The van der Waals surface area contributed by atoms with Crippen LogP contribution in [0.2, 0.25) is 0 Å². The van der Waals surface area contributed by atoms with Crippen LogP contribution in [0.25, 0.3) is 22.2 Å². The molecule has 0 amide bonds. The van der Waals surface area contributed by atoms with E-state index >= 15 is 4.39 Å². The molecule has 1 unspecified atom stereocenters. The summed E-state index contributed by atoms with van der Waals surface area (Å²) in [5, 5.41) is 18.1. The first kappa shape index (κ1) is 21.9. The highest BCUT2D eigenvalue weighted by Crippen LogP contribution is 2.48. The van der Waals surface area contributed by atoms with Crippen LogP contribution in [0.1, 0.15) is 57.9 Å². The van der Waals surface area contributed by atoms with Gasteiger partial charge in [-0.3, -0.25) is 4.79 Å². The predicted molar refractivity (Wildman–Crippen MR) is 122 cm³/mol. The molecule has 0 spiro atoms. The molecule has 6 nitrogen and oxygen atoms in total. The number of nitrogens with zero attached hydrogens (tertiary/aromatic N) is 2. The number of rotatable bonds is 10. The highest BCUT2D eigenvalue weighted by atomic mass is 19.1. The second kappa shape index (κ2) is 8.43. The highest BCUT2D eigenvalue weighted by Gasteiger charge is 2.47. The largest absolute Gasteiger partial charge is 0.493 e. The summed E-state index contributed by atoms with van der Waals surface area (Å²) < 4.78 is 26.8. The Bertz CT molecular complexity index is 1180. The number of fused-ring (bicyclic) bond motifs is 1. The number of hydrogen-bond donors (Lipinski definition) is 1. The predicted octanol–water partition coefficient (Wildman–Crippen LogP) is 5.99. The fraction of sp³-hybridized carbons (Fsp3) is 0.500. The molecule has 33 heavy (non-hydrogen) atoms. The average molecular weight is 453 g/mol. The fourth-order valence-electron chi connectivity index (χ4n) is 4.81. The minimum atomic E-state index is -1.27. The van der Waals surface area contributed by atoms with Crippen LogP contribution in [0.4, 0.5) is 4.39 Å². The zero-order valence-electron chi connectivity index (χ0n) is 19.0. The standard InChI is InChI=1S/C26H29FN2O4/c1-15(2)12-26(25(30)31,13-16-3-4-16)20-11-24(32-14-17-5-6-17)19(10-21(20)27)18-7-8-22-23(9-18)29-33-28-22/h7-11,15-17H,3-6,12-14H2,1-2H3,(H,30,31). The molecule has 1 atom stereocenters. The second-order valence-corrected chi connectivity index (χ2v) is 10.2. The molecule has 2 aliphatic carbocycles. The van der Waals surface area contributed by atoms with E-state index in [0.717, 1.165) is 31.2 Å². The highest BCUT2D eigenvalue weighted by molar-refractivity contribution is 5.85. The van der Waals surface area contributed by atoms with Crippen molar-refractivity contribution in [2.75, 3.05) is 6.61 Å². The number of aliphatic carboxylic acids is 1. The van der Waals surface area contributed by atoms with Gasteiger partial charge in [0.05, 0.1) is 12.0 Å². The molecule has 7 heteroatoms. The molecule has 3 aromatic rings. The van der Waals surface area contributed by atoms with Crippen LogP contribution in [0.15, 0.2) is 35.0 Å². The topological polar surface area (TPSA) is 85.5 Å². The van der Waals surface area contributed by atoms with Gasteiger partial charge in [0.15, 0.2) is 0 Å². The first-order valence-electron chi connectivity index (χ1n) is 11.8. The Morgan fingerprint density at radius 3 is 2.55 bits per heavy atom. The van der Waals surface area contributed by atoms with Gasteiger partial charge in [-0.25, -0.2) is 9.02 Å². The Balaban J connectivity index is 1.63. The molecule has 1 heterocycles. The normalized spacial score (nSPS) is 17.9. The molecule has 2 saturated carbocycles. The Hall–Kier alpha value is -2.96. The minimum Gasteiger partial charge on any atom is -0.493 e. The molecule has 1 aromatic heterocycles. The third kappa shape index (κ3) is 4.45. The zero-order chi connectivity index (χ0) is 23.2. The second-order valence-electron chi connectivity index (χ2n) is 10.2. The Labute approximate surface area is 192 Å². The first-order valence-corrected chi connectivity index (χ1v) is 11.8. The van der Waals surface area contributed by atoms with E-state index in [9.17, 15) is 9.90 Å². The summed E-state index contributed by atoms with van der Waals surface area (Å²) in [7, 11) is 0. The van der Waals surface area contributed by atoms with Gasteiger partial charge in [-0.15, -0.1) is 0 Å². The van der Waals surface area contributed by atoms with E-state index in [4.69, 9.17) is 9.37 Å². The molecule has 2 aromatic carbocycles. The molecule has 0 aliphatic heterocycles. The van der Waals surface area contributed by atoms with Crippen LogP contribution in [0.5, 0.6) is 5.75 Å². The van der Waals surface area contributed by atoms with Gasteiger partial charge in [-0.2, -0.15) is 0 Å². The molecule has 0 bridgehead atoms. The number of aromatic nitrogens is 2. The number of carboxylic acids is 1. The molecule has 0 saturated heterocycles. The first-order chi connectivity index (χ1) is 15.9. The van der Waals surface area contributed by atoms with Crippen LogP contribution in [0, 0.1) is 23.6 Å². The summed E-state index contributed by atoms with van der Waals surface area (Å²) in [5.41, 5.74) is 1.45. The lowest BCUT2D eigenvalue weighted by Crippen LogP contribution is -2.39. The van der Waals surface area contributed by atoms with Gasteiger partial charge in [0.25, 0.3) is 0 Å². The van der Waals surface area contributed by atoms with Crippen molar-refractivity contribution >= 4 is 17.0 Å². The zero-order valence-corrected chi connectivity index (χ0v) is 19.0. The summed E-state index contributed by atoms with van der Waals surface area (Å²) in [5.74, 6) is -0.0169. The van der Waals surface area contributed by atoms with E-state index in [-0.39, 0.29) is 11.5 Å². The molecule has 174 valence electrons. The minimum absolute atomic E-state index is 0.108. The van der Waals surface area contributed by atoms with Crippen molar-refractivity contribution < 1.29 is 23.7 Å². The van der Waals surface area contributed by atoms with Gasteiger partial charge in [0, 0.05) is 11.1 Å². The molecule has 0 radical (unpaired) electrons. The van der Waals surface area contributed by atoms with E-state index in [1.165, 1.54) is 6.07 Å². The van der Waals surface area contributed by atoms with E-state index in [0.29, 0.717) is 53.6 Å². The van der Waals surface area contributed by atoms with Crippen LogP contribution in [-0.4, -0.2) is 28.0 Å². The van der Waals surface area contributed by atoms with Crippen LogP contribution in [-0.2, 0) is 10.2 Å². The van der Waals surface area contributed by atoms with E-state index in [1.54, 1.807) is 18.2 Å². The number of hydrogen-bond acceptors (Lipinski definition) is 5. The van der Waals surface area contributed by atoms with Crippen molar-refractivity contribution in [3.8, 4) is 16.9 Å². The molecular weight excluding hydrogens is 423 g/mol. The van der Waals surface area contributed by atoms with Crippen molar-refractivity contribution in [2.24, 2.45) is 17.8 Å². The van der Waals surface area contributed by atoms with Gasteiger partial charge in [0.1, 0.15) is 22.6 Å². The molecule has 5 rings (SSSR count). The quantitative estimate of drug-likeness (QED) is 0.407. The summed E-state index contributed by atoms with van der Waals surface area (Å²) in [6, 6.07) is 8.46. The molecular formula is C26H29FN2O4. The number of benzene rings is 2. The summed E-state index contributed by atoms with van der Waals surface area (Å²) in [6.45, 7) is 4.52. The van der Waals surface area contributed by atoms with Gasteiger partial charge in [-0.05, 0) is 83.6 Å². The maximum atomic E-state index is 15.8. The van der Waals surface area contributed by atoms with Crippen molar-refractivity contribution in [1.29, 1.82) is 0 Å². The third-order valence-corrected chi connectivity index (χ3v) is 6.82. The van der Waals surface area contributed by atoms with Gasteiger partial charge >= 0.3 is 5.97 Å². The Morgan fingerprint density at radius 1 is 1.15 bits per heavy atom. The van der Waals surface area contributed by atoms with Crippen LogP contribution < -0.4 is 4.74 Å². The maximum absolute atomic E-state index is 15.8. The molecule has 2 fully saturated rings. The summed E-state index contributed by atoms with van der Waals surface area (Å²) in [4.78, 5) is 12.7. The number of halogens is 1. The maximum Gasteiger partial charge on any atom is 0.314 e. The van der Waals surface area contributed by atoms with Crippen LogP contribution in [0.3, 0.4) is 0 Å². The average Bonchev–Trinajstić information content (AvgIpc) is 3.70. The van der Waals surface area contributed by atoms with Crippen molar-refractivity contribution in [3.63, 3.8) is 0 Å². The van der Waals surface area contributed by atoms with Crippen molar-refractivity contribution in [1.82, 2.24) is 10.3 Å².